The maximum atomic E-state index is 12.3. The van der Waals surface area contributed by atoms with Gasteiger partial charge in [0.25, 0.3) is 0 Å². The molecule has 1 saturated heterocycles. The van der Waals surface area contributed by atoms with E-state index in [2.05, 4.69) is 12.2 Å². The van der Waals surface area contributed by atoms with Gasteiger partial charge in [-0.3, -0.25) is 9.69 Å². The highest BCUT2D eigenvalue weighted by atomic mass is 16.6. The molecule has 0 spiro atoms. The molecule has 5 heteroatoms. The molecule has 1 N–H and O–H groups in total. The lowest BCUT2D eigenvalue weighted by Gasteiger charge is -2.39. The number of carbonyl (C=O) groups excluding carboxylic acids is 2. The standard InChI is InChI=1S/C15H28N2O3/c1-5-6-7-12(11-18)17-9-8-16-10-13(17)14(19)20-15(2,3)4/h11-13,16H,5-10H2,1-4H3. The van der Waals surface area contributed by atoms with Crippen LogP contribution in [0, 0.1) is 0 Å². The molecule has 0 aromatic rings. The summed E-state index contributed by atoms with van der Waals surface area (Å²) in [5.74, 6) is -0.243. The van der Waals surface area contributed by atoms with Gasteiger partial charge in [-0.25, -0.2) is 0 Å². The molecule has 20 heavy (non-hydrogen) atoms. The Labute approximate surface area is 122 Å². The highest BCUT2D eigenvalue weighted by molar-refractivity contribution is 5.77. The zero-order chi connectivity index (χ0) is 15.2. The molecular weight excluding hydrogens is 256 g/mol. The summed E-state index contributed by atoms with van der Waals surface area (Å²) in [7, 11) is 0. The molecule has 0 amide bonds. The summed E-state index contributed by atoms with van der Waals surface area (Å²) in [5, 5.41) is 3.21. The van der Waals surface area contributed by atoms with Gasteiger partial charge in [0.2, 0.25) is 0 Å². The molecule has 0 saturated carbocycles. The molecule has 1 rings (SSSR count). The van der Waals surface area contributed by atoms with Crippen LogP contribution in [0.15, 0.2) is 0 Å². The lowest BCUT2D eigenvalue weighted by atomic mass is 10.0. The molecule has 1 fully saturated rings. The van der Waals surface area contributed by atoms with Gasteiger partial charge < -0.3 is 14.8 Å². The third-order valence-electron chi connectivity index (χ3n) is 3.40. The largest absolute Gasteiger partial charge is 0.459 e. The number of hydrogen-bond acceptors (Lipinski definition) is 5. The zero-order valence-electron chi connectivity index (χ0n) is 13.1. The third kappa shape index (κ3) is 5.21. The van der Waals surface area contributed by atoms with Crippen molar-refractivity contribution in [1.82, 2.24) is 10.2 Å². The topological polar surface area (TPSA) is 58.6 Å². The molecular formula is C15H28N2O3. The summed E-state index contributed by atoms with van der Waals surface area (Å²) in [4.78, 5) is 25.6. The fraction of sp³-hybridized carbons (Fsp3) is 0.867. The van der Waals surface area contributed by atoms with Crippen LogP contribution in [0.1, 0.15) is 47.0 Å². The third-order valence-corrected chi connectivity index (χ3v) is 3.40. The van der Waals surface area contributed by atoms with Crippen LogP contribution in [-0.2, 0) is 14.3 Å². The average Bonchev–Trinajstić information content (AvgIpc) is 2.38. The van der Waals surface area contributed by atoms with Gasteiger partial charge in [0, 0.05) is 19.6 Å². The Morgan fingerprint density at radius 2 is 2.20 bits per heavy atom. The number of unbranched alkanes of at least 4 members (excludes halogenated alkanes) is 1. The van der Waals surface area contributed by atoms with Crippen LogP contribution in [0.3, 0.4) is 0 Å². The van der Waals surface area contributed by atoms with Crippen LogP contribution in [0.2, 0.25) is 0 Å². The van der Waals surface area contributed by atoms with Crippen LogP contribution in [0.25, 0.3) is 0 Å². The van der Waals surface area contributed by atoms with Crippen molar-refractivity contribution in [1.29, 1.82) is 0 Å². The number of piperazine rings is 1. The van der Waals surface area contributed by atoms with E-state index >= 15 is 0 Å². The van der Waals surface area contributed by atoms with Gasteiger partial charge in [0.1, 0.15) is 17.9 Å². The number of rotatable bonds is 6. The molecule has 0 aromatic heterocycles. The van der Waals surface area contributed by atoms with Gasteiger partial charge in [-0.2, -0.15) is 0 Å². The minimum Gasteiger partial charge on any atom is -0.459 e. The number of carbonyl (C=O) groups is 2. The Kier molecular flexibility index (Phi) is 6.62. The van der Waals surface area contributed by atoms with Crippen molar-refractivity contribution in [2.75, 3.05) is 19.6 Å². The SMILES string of the molecule is CCCCC(C=O)N1CCNCC1C(=O)OC(C)(C)C. The summed E-state index contributed by atoms with van der Waals surface area (Å²) in [5.41, 5.74) is -0.500. The maximum absolute atomic E-state index is 12.3. The second-order valence-electron chi connectivity index (χ2n) is 6.34. The van der Waals surface area contributed by atoms with Crippen molar-refractivity contribution < 1.29 is 14.3 Å². The first kappa shape index (κ1) is 17.1. The normalized spacial score (nSPS) is 22.3. The number of aldehydes is 1. The molecule has 2 unspecified atom stereocenters. The smallest absolute Gasteiger partial charge is 0.325 e. The van der Waals surface area contributed by atoms with E-state index in [9.17, 15) is 9.59 Å². The molecule has 1 aliphatic heterocycles. The predicted octanol–water partition coefficient (Wildman–Crippen LogP) is 1.36. The number of nitrogens with one attached hydrogen (secondary N) is 1. The molecule has 116 valence electrons. The molecule has 5 nitrogen and oxygen atoms in total. The first-order valence-corrected chi connectivity index (χ1v) is 7.53. The van der Waals surface area contributed by atoms with Gasteiger partial charge in [-0.15, -0.1) is 0 Å². The summed E-state index contributed by atoms with van der Waals surface area (Å²) < 4.78 is 5.47. The fourth-order valence-corrected chi connectivity index (χ4v) is 2.43. The van der Waals surface area contributed by atoms with Gasteiger partial charge in [-0.1, -0.05) is 19.8 Å². The Morgan fingerprint density at radius 1 is 1.50 bits per heavy atom. The zero-order valence-corrected chi connectivity index (χ0v) is 13.1. The van der Waals surface area contributed by atoms with E-state index in [1.165, 1.54) is 0 Å². The van der Waals surface area contributed by atoms with Crippen molar-refractivity contribution in [3.05, 3.63) is 0 Å². The minimum absolute atomic E-state index is 0.186. The summed E-state index contributed by atoms with van der Waals surface area (Å²) in [6, 6.07) is -0.551. The van der Waals surface area contributed by atoms with Crippen molar-refractivity contribution in [2.45, 2.75) is 64.6 Å². The van der Waals surface area contributed by atoms with Gasteiger partial charge in [-0.05, 0) is 27.2 Å². The van der Waals surface area contributed by atoms with Crippen LogP contribution < -0.4 is 5.32 Å². The molecule has 1 aliphatic rings. The fourth-order valence-electron chi connectivity index (χ4n) is 2.43. The van der Waals surface area contributed by atoms with Crippen LogP contribution in [0.5, 0.6) is 0 Å². The molecule has 0 radical (unpaired) electrons. The quantitative estimate of drug-likeness (QED) is 0.589. The van der Waals surface area contributed by atoms with Crippen LogP contribution >= 0.6 is 0 Å². The number of ether oxygens (including phenoxy) is 1. The number of nitrogens with zero attached hydrogens (tertiary/aromatic N) is 1. The van der Waals surface area contributed by atoms with Gasteiger partial charge in [0.15, 0.2) is 0 Å². The Morgan fingerprint density at radius 3 is 2.75 bits per heavy atom. The number of hydrogen-bond donors (Lipinski definition) is 1. The van der Waals surface area contributed by atoms with Crippen molar-refractivity contribution >= 4 is 12.3 Å². The van der Waals surface area contributed by atoms with Crippen LogP contribution in [-0.4, -0.2) is 54.5 Å². The summed E-state index contributed by atoms with van der Waals surface area (Å²) in [6.45, 7) is 9.74. The Bertz CT molecular complexity index is 326. The highest BCUT2D eigenvalue weighted by Gasteiger charge is 2.35. The van der Waals surface area contributed by atoms with Crippen molar-refractivity contribution in [2.24, 2.45) is 0 Å². The molecule has 0 aliphatic carbocycles. The van der Waals surface area contributed by atoms with E-state index < -0.39 is 5.60 Å². The Balaban J connectivity index is 2.74. The van der Waals surface area contributed by atoms with E-state index in [-0.39, 0.29) is 18.1 Å². The minimum atomic E-state index is -0.500. The molecule has 0 bridgehead atoms. The van der Waals surface area contributed by atoms with E-state index in [1.54, 1.807) is 0 Å². The summed E-state index contributed by atoms with van der Waals surface area (Å²) >= 11 is 0. The lowest BCUT2D eigenvalue weighted by molar-refractivity contribution is -0.163. The van der Waals surface area contributed by atoms with E-state index in [0.29, 0.717) is 13.1 Å². The summed E-state index contributed by atoms with van der Waals surface area (Å²) in [6.07, 6.45) is 3.82. The molecule has 0 aromatic carbocycles. The molecule has 1 heterocycles. The monoisotopic (exact) mass is 284 g/mol. The second-order valence-corrected chi connectivity index (χ2v) is 6.34. The first-order chi connectivity index (χ1) is 9.39. The Hall–Kier alpha value is -0.940. The van der Waals surface area contributed by atoms with Crippen molar-refractivity contribution in [3.8, 4) is 0 Å². The van der Waals surface area contributed by atoms with Gasteiger partial charge >= 0.3 is 5.97 Å². The second kappa shape index (κ2) is 7.74. The van der Waals surface area contributed by atoms with E-state index in [4.69, 9.17) is 4.74 Å². The van der Waals surface area contributed by atoms with E-state index in [1.807, 2.05) is 25.7 Å². The highest BCUT2D eigenvalue weighted by Crippen LogP contribution is 2.17. The molecule has 2 atom stereocenters. The van der Waals surface area contributed by atoms with E-state index in [0.717, 1.165) is 32.1 Å². The van der Waals surface area contributed by atoms with Crippen molar-refractivity contribution in [3.63, 3.8) is 0 Å². The predicted molar refractivity (Wildman–Crippen MR) is 78.6 cm³/mol. The van der Waals surface area contributed by atoms with Gasteiger partial charge in [0.05, 0.1) is 6.04 Å². The maximum Gasteiger partial charge on any atom is 0.325 e. The lowest BCUT2D eigenvalue weighted by Crippen LogP contribution is -2.59. The number of esters is 1. The first-order valence-electron chi connectivity index (χ1n) is 7.53. The van der Waals surface area contributed by atoms with Crippen LogP contribution in [0.4, 0.5) is 0 Å². The average molecular weight is 284 g/mol.